The fourth-order valence-corrected chi connectivity index (χ4v) is 5.98. The summed E-state index contributed by atoms with van der Waals surface area (Å²) >= 11 is 0. The fraction of sp³-hybridized carbons (Fsp3) is 0.610. The highest BCUT2D eigenvalue weighted by molar-refractivity contribution is 6.11. The van der Waals surface area contributed by atoms with E-state index in [0.29, 0.717) is 24.7 Å². The van der Waals surface area contributed by atoms with Crippen molar-refractivity contribution in [3.05, 3.63) is 48.0 Å². The van der Waals surface area contributed by atoms with Gasteiger partial charge in [0.2, 0.25) is 0 Å². The summed E-state index contributed by atoms with van der Waals surface area (Å²) in [6.45, 7) is 11.4. The average Bonchev–Trinajstić information content (AvgIpc) is 3.07. The first-order valence-corrected chi connectivity index (χ1v) is 18.5. The third-order valence-corrected chi connectivity index (χ3v) is 8.46. The second kappa shape index (κ2) is 23.1. The molecule has 8 nitrogen and oxygen atoms in total. The molecule has 0 fully saturated rings. The fourth-order valence-electron chi connectivity index (χ4n) is 5.98. The van der Waals surface area contributed by atoms with Gasteiger partial charge < -0.3 is 28.4 Å². The van der Waals surface area contributed by atoms with Crippen LogP contribution in [-0.2, 0) is 28.5 Å². The van der Waals surface area contributed by atoms with Crippen LogP contribution in [0, 0.1) is 6.92 Å². The Kier molecular flexibility index (Phi) is 18.9. The van der Waals surface area contributed by atoms with E-state index in [-0.39, 0.29) is 38.4 Å². The largest absolute Gasteiger partial charge is 0.488 e. The van der Waals surface area contributed by atoms with E-state index in [1.54, 1.807) is 0 Å². The summed E-state index contributed by atoms with van der Waals surface area (Å²) in [4.78, 5) is 23.9. The van der Waals surface area contributed by atoms with Crippen molar-refractivity contribution in [3.63, 3.8) is 0 Å². The molecule has 2 atom stereocenters. The summed E-state index contributed by atoms with van der Waals surface area (Å²) in [5.74, 6) is 0.631. The molecule has 0 spiro atoms. The molecule has 8 heteroatoms. The molecule has 0 aliphatic carbocycles. The van der Waals surface area contributed by atoms with Crippen LogP contribution in [0.5, 0.6) is 11.5 Å². The van der Waals surface area contributed by atoms with E-state index < -0.39 is 12.2 Å². The van der Waals surface area contributed by atoms with Gasteiger partial charge in [-0.05, 0) is 25.8 Å². The summed E-state index contributed by atoms with van der Waals surface area (Å²) in [7, 11) is 0. The molecule has 272 valence electrons. The molecule has 0 N–H and O–H groups in total. The normalized spacial score (nSPS) is 12.6. The zero-order chi connectivity index (χ0) is 35.3. The molecule has 0 bridgehead atoms. The van der Waals surface area contributed by atoms with Crippen molar-refractivity contribution in [3.8, 4) is 11.5 Å². The molecule has 3 rings (SSSR count). The Morgan fingerprint density at radius 3 is 1.45 bits per heavy atom. The van der Waals surface area contributed by atoms with E-state index in [2.05, 4.69) is 19.9 Å². The quantitative estimate of drug-likeness (QED) is 0.0470. The molecule has 0 saturated heterocycles. The van der Waals surface area contributed by atoms with Crippen LogP contribution in [0.2, 0.25) is 0 Å². The molecule has 3 aromatic rings. The van der Waals surface area contributed by atoms with Crippen LogP contribution in [0.15, 0.2) is 42.5 Å². The second-order valence-electron chi connectivity index (χ2n) is 13.0. The lowest BCUT2D eigenvalue weighted by molar-refractivity contribution is -0.152. The summed E-state index contributed by atoms with van der Waals surface area (Å²) in [5.41, 5.74) is 1.07. The van der Waals surface area contributed by atoms with Gasteiger partial charge in [0.15, 0.2) is 12.2 Å². The summed E-state index contributed by atoms with van der Waals surface area (Å²) in [5, 5.41) is 3.49. The topological polar surface area (TPSA) is 89.5 Å². The van der Waals surface area contributed by atoms with Gasteiger partial charge in [-0.15, -0.1) is 0 Å². The number of aryl methyl sites for hydroxylation is 1. The van der Waals surface area contributed by atoms with Gasteiger partial charge in [0, 0.05) is 48.6 Å². The SMILES string of the molecule is CCCCCCCCOCC(COc1c2ccccc2c(OCC(COCCCCCCCC)OC(C)=O)c2cc(C)ccc12)OC(C)=O. The van der Waals surface area contributed by atoms with Crippen molar-refractivity contribution in [2.75, 3.05) is 39.6 Å². The van der Waals surface area contributed by atoms with E-state index in [0.717, 1.165) is 52.8 Å². The van der Waals surface area contributed by atoms with Crippen molar-refractivity contribution < 1.29 is 38.0 Å². The van der Waals surface area contributed by atoms with E-state index in [9.17, 15) is 9.59 Å². The smallest absolute Gasteiger partial charge is 0.303 e. The van der Waals surface area contributed by atoms with Gasteiger partial charge in [-0.25, -0.2) is 0 Å². The molecular formula is C41H60O8. The molecule has 2 unspecified atom stereocenters. The minimum atomic E-state index is -0.548. The van der Waals surface area contributed by atoms with Gasteiger partial charge in [0.25, 0.3) is 0 Å². The molecular weight excluding hydrogens is 620 g/mol. The molecule has 0 saturated carbocycles. The average molecular weight is 681 g/mol. The van der Waals surface area contributed by atoms with Crippen LogP contribution in [0.1, 0.15) is 110 Å². The zero-order valence-electron chi connectivity index (χ0n) is 30.7. The lowest BCUT2D eigenvalue weighted by atomic mass is 9.99. The van der Waals surface area contributed by atoms with Crippen LogP contribution in [-0.4, -0.2) is 63.8 Å². The number of ether oxygens (including phenoxy) is 6. The van der Waals surface area contributed by atoms with Crippen LogP contribution in [0.3, 0.4) is 0 Å². The van der Waals surface area contributed by atoms with Crippen molar-refractivity contribution in [2.24, 2.45) is 0 Å². The maximum atomic E-state index is 12.0. The van der Waals surface area contributed by atoms with Gasteiger partial charge in [0.05, 0.1) is 13.2 Å². The number of rotatable bonds is 26. The Balaban J connectivity index is 1.74. The molecule has 0 heterocycles. The monoisotopic (exact) mass is 680 g/mol. The van der Waals surface area contributed by atoms with Crippen molar-refractivity contribution >= 4 is 33.5 Å². The Hall–Kier alpha value is -3.36. The number of carbonyl (C=O) groups excluding carboxylic acids is 2. The Bertz CT molecular complexity index is 1400. The van der Waals surface area contributed by atoms with Crippen molar-refractivity contribution in [2.45, 2.75) is 124 Å². The minimum Gasteiger partial charge on any atom is -0.488 e. The maximum Gasteiger partial charge on any atom is 0.303 e. The number of unbranched alkanes of at least 4 members (excludes halogenated alkanes) is 10. The maximum absolute atomic E-state index is 12.0. The Morgan fingerprint density at radius 2 is 0.980 bits per heavy atom. The molecule has 49 heavy (non-hydrogen) atoms. The number of benzene rings is 3. The number of hydrogen-bond acceptors (Lipinski definition) is 8. The molecule has 0 radical (unpaired) electrons. The standard InChI is InChI=1S/C41H60O8/c1-6-8-10-12-14-18-24-44-27-34(48-32(4)42)29-46-40-36-20-16-17-21-37(36)41(39-26-31(3)22-23-38(39)40)47-30-35(49-33(5)43)28-45-25-19-15-13-11-9-7-2/h16-17,20-23,26,34-35H,6-15,18-19,24-25,27-30H2,1-5H3. The lowest BCUT2D eigenvalue weighted by Crippen LogP contribution is -2.29. The predicted octanol–water partition coefficient (Wildman–Crippen LogP) is 9.68. The molecule has 3 aromatic carbocycles. The number of carbonyl (C=O) groups is 2. The first kappa shape index (κ1) is 40.1. The van der Waals surface area contributed by atoms with Crippen LogP contribution in [0.25, 0.3) is 21.5 Å². The number of hydrogen-bond donors (Lipinski definition) is 0. The van der Waals surface area contributed by atoms with E-state index >= 15 is 0 Å². The van der Waals surface area contributed by atoms with Crippen LogP contribution < -0.4 is 9.47 Å². The van der Waals surface area contributed by atoms with Gasteiger partial charge in [-0.1, -0.05) is 120 Å². The molecule has 0 aliphatic heterocycles. The number of fused-ring (bicyclic) bond motifs is 2. The highest BCUT2D eigenvalue weighted by atomic mass is 16.6. The lowest BCUT2D eigenvalue weighted by Gasteiger charge is -2.23. The summed E-state index contributed by atoms with van der Waals surface area (Å²) < 4.78 is 36.1. The second-order valence-corrected chi connectivity index (χ2v) is 13.0. The first-order valence-electron chi connectivity index (χ1n) is 18.5. The third kappa shape index (κ3) is 14.6. The molecule has 0 aliphatic rings. The minimum absolute atomic E-state index is 0.147. The van der Waals surface area contributed by atoms with Crippen LogP contribution >= 0.6 is 0 Å². The number of esters is 2. The Labute approximate surface area is 294 Å². The van der Waals surface area contributed by atoms with E-state index in [1.807, 2.05) is 43.3 Å². The molecule has 0 aromatic heterocycles. The predicted molar refractivity (Wildman–Crippen MR) is 197 cm³/mol. The summed E-state index contributed by atoms with van der Waals surface area (Å²) in [6.07, 6.45) is 13.1. The van der Waals surface area contributed by atoms with E-state index in [1.165, 1.54) is 65.2 Å². The highest BCUT2D eigenvalue weighted by Gasteiger charge is 2.21. The summed E-state index contributed by atoms with van der Waals surface area (Å²) in [6, 6.07) is 14.1. The Morgan fingerprint density at radius 1 is 0.551 bits per heavy atom. The van der Waals surface area contributed by atoms with Gasteiger partial charge in [0.1, 0.15) is 24.7 Å². The van der Waals surface area contributed by atoms with Gasteiger partial charge in [-0.2, -0.15) is 0 Å². The van der Waals surface area contributed by atoms with Gasteiger partial charge >= 0.3 is 11.9 Å². The van der Waals surface area contributed by atoms with Crippen LogP contribution in [0.4, 0.5) is 0 Å². The van der Waals surface area contributed by atoms with Crippen molar-refractivity contribution in [1.29, 1.82) is 0 Å². The van der Waals surface area contributed by atoms with Crippen molar-refractivity contribution in [1.82, 2.24) is 0 Å². The molecule has 0 amide bonds. The van der Waals surface area contributed by atoms with Gasteiger partial charge in [-0.3, -0.25) is 9.59 Å². The third-order valence-electron chi connectivity index (χ3n) is 8.46. The highest BCUT2D eigenvalue weighted by Crippen LogP contribution is 2.43. The van der Waals surface area contributed by atoms with E-state index in [4.69, 9.17) is 28.4 Å². The first-order chi connectivity index (χ1) is 23.8. The zero-order valence-corrected chi connectivity index (χ0v) is 30.7.